The average molecular weight is 325 g/mol. The lowest BCUT2D eigenvalue weighted by Gasteiger charge is -2.07. The van der Waals surface area contributed by atoms with Gasteiger partial charge in [0, 0.05) is 11.1 Å². The molecule has 0 unspecified atom stereocenters. The molecule has 0 aliphatic rings. The zero-order valence-electron chi connectivity index (χ0n) is 12.3. The molecule has 1 aromatic heterocycles. The van der Waals surface area contributed by atoms with E-state index in [2.05, 4.69) is 15.5 Å². The summed E-state index contributed by atoms with van der Waals surface area (Å²) in [5.41, 5.74) is 0.849. The Bertz CT molecular complexity index is 889. The van der Waals surface area contributed by atoms with Crippen molar-refractivity contribution in [3.8, 4) is 11.3 Å². The summed E-state index contributed by atoms with van der Waals surface area (Å²) in [5, 5.41) is 18.2. The maximum Gasteiger partial charge on any atom is 0.356 e. The number of carbonyl (C=O) groups excluding carboxylic acids is 1. The lowest BCUT2D eigenvalue weighted by Crippen LogP contribution is -2.14. The largest absolute Gasteiger partial charge is 0.476 e. The number of aromatic carboxylic acids is 1. The van der Waals surface area contributed by atoms with Crippen molar-refractivity contribution in [1.29, 1.82) is 0 Å². The number of aromatic nitrogens is 2. The van der Waals surface area contributed by atoms with Crippen LogP contribution in [0.5, 0.6) is 0 Å². The smallest absolute Gasteiger partial charge is 0.356 e. The summed E-state index contributed by atoms with van der Waals surface area (Å²) in [5.74, 6) is -2.16. The monoisotopic (exact) mass is 325 g/mol. The number of nitrogens with zero attached hydrogens (tertiary/aromatic N) is 1. The third-order valence-electron chi connectivity index (χ3n) is 3.37. The van der Waals surface area contributed by atoms with Gasteiger partial charge in [-0.15, -0.1) is 0 Å². The number of anilines is 1. The predicted molar refractivity (Wildman–Crippen MR) is 85.3 cm³/mol. The standard InChI is InChI=1S/C17H12FN3O3/c18-12-8-6-10(7-9-12)13-14(15(17(23)24)21-20-13)19-16(22)11-4-2-1-3-5-11/h1-9H,(H,19,22)(H,20,21)(H,23,24). The summed E-state index contributed by atoms with van der Waals surface area (Å²) in [4.78, 5) is 23.7. The first kappa shape index (κ1) is 15.4. The molecule has 6 nitrogen and oxygen atoms in total. The fourth-order valence-corrected chi connectivity index (χ4v) is 2.21. The number of H-pyrrole nitrogens is 1. The molecule has 0 aliphatic carbocycles. The molecule has 0 spiro atoms. The Morgan fingerprint density at radius 3 is 2.33 bits per heavy atom. The molecule has 0 saturated heterocycles. The van der Waals surface area contributed by atoms with E-state index < -0.39 is 17.7 Å². The summed E-state index contributed by atoms with van der Waals surface area (Å²) in [6.45, 7) is 0. The van der Waals surface area contributed by atoms with Crippen molar-refractivity contribution < 1.29 is 19.1 Å². The number of amides is 1. The van der Waals surface area contributed by atoms with Crippen LogP contribution in [0.2, 0.25) is 0 Å². The number of rotatable bonds is 4. The first-order chi connectivity index (χ1) is 11.6. The van der Waals surface area contributed by atoms with Crippen molar-refractivity contribution in [2.24, 2.45) is 0 Å². The summed E-state index contributed by atoms with van der Waals surface area (Å²) in [7, 11) is 0. The van der Waals surface area contributed by atoms with Gasteiger partial charge >= 0.3 is 5.97 Å². The van der Waals surface area contributed by atoms with E-state index in [0.717, 1.165) is 0 Å². The zero-order chi connectivity index (χ0) is 17.1. The number of nitrogens with one attached hydrogen (secondary N) is 2. The highest BCUT2D eigenvalue weighted by Crippen LogP contribution is 2.29. The van der Waals surface area contributed by atoms with E-state index in [1.54, 1.807) is 30.3 Å². The molecule has 0 bridgehead atoms. The third-order valence-corrected chi connectivity index (χ3v) is 3.37. The van der Waals surface area contributed by atoms with E-state index in [1.807, 2.05) is 0 Å². The van der Waals surface area contributed by atoms with Crippen LogP contribution in [0, 0.1) is 5.82 Å². The Balaban J connectivity index is 2.01. The van der Waals surface area contributed by atoms with Crippen molar-refractivity contribution in [2.75, 3.05) is 5.32 Å². The van der Waals surface area contributed by atoms with Gasteiger partial charge in [0.1, 0.15) is 17.2 Å². The van der Waals surface area contributed by atoms with E-state index in [0.29, 0.717) is 11.1 Å². The van der Waals surface area contributed by atoms with E-state index in [1.165, 1.54) is 24.3 Å². The van der Waals surface area contributed by atoms with Crippen molar-refractivity contribution >= 4 is 17.6 Å². The molecule has 0 saturated carbocycles. The number of hydrogen-bond acceptors (Lipinski definition) is 3. The molecule has 3 aromatic rings. The van der Waals surface area contributed by atoms with Crippen LogP contribution < -0.4 is 5.32 Å². The third kappa shape index (κ3) is 3.00. The molecule has 0 aliphatic heterocycles. The van der Waals surface area contributed by atoms with E-state index >= 15 is 0 Å². The summed E-state index contributed by atoms with van der Waals surface area (Å²) in [6.07, 6.45) is 0. The SMILES string of the molecule is O=C(Nc1c(-c2ccc(F)cc2)n[nH]c1C(=O)O)c1ccccc1. The van der Waals surface area contributed by atoms with Gasteiger partial charge in [0.2, 0.25) is 0 Å². The van der Waals surface area contributed by atoms with Crippen molar-refractivity contribution in [3.63, 3.8) is 0 Å². The Labute approximate surface area is 136 Å². The fraction of sp³-hybridized carbons (Fsp3) is 0. The minimum atomic E-state index is -1.26. The molecule has 1 heterocycles. The molecular formula is C17H12FN3O3. The zero-order valence-corrected chi connectivity index (χ0v) is 12.3. The molecule has 0 radical (unpaired) electrons. The molecule has 0 fully saturated rings. The number of carboxylic acids is 1. The van der Waals surface area contributed by atoms with Gasteiger partial charge in [0.05, 0.1) is 0 Å². The van der Waals surface area contributed by atoms with Crippen LogP contribution in [0.3, 0.4) is 0 Å². The summed E-state index contributed by atoms with van der Waals surface area (Å²) < 4.78 is 13.1. The van der Waals surface area contributed by atoms with Gasteiger partial charge in [-0.25, -0.2) is 9.18 Å². The molecule has 120 valence electrons. The number of aromatic amines is 1. The highest BCUT2D eigenvalue weighted by Gasteiger charge is 2.22. The molecule has 3 N–H and O–H groups in total. The Hall–Kier alpha value is -3.48. The fourth-order valence-electron chi connectivity index (χ4n) is 2.21. The van der Waals surface area contributed by atoms with Gasteiger partial charge < -0.3 is 10.4 Å². The minimum absolute atomic E-state index is 0.0305. The van der Waals surface area contributed by atoms with Gasteiger partial charge in [-0.3, -0.25) is 9.89 Å². The van der Waals surface area contributed by atoms with Crippen molar-refractivity contribution in [2.45, 2.75) is 0 Å². The van der Waals surface area contributed by atoms with E-state index in [4.69, 9.17) is 0 Å². The number of carboxylic acid groups (broad SMARTS) is 1. The maximum absolute atomic E-state index is 13.1. The number of carbonyl (C=O) groups is 2. The molecule has 3 rings (SSSR count). The Kier molecular flexibility index (Phi) is 4.07. The Morgan fingerprint density at radius 1 is 1.04 bits per heavy atom. The highest BCUT2D eigenvalue weighted by molar-refractivity contribution is 6.09. The van der Waals surface area contributed by atoms with Crippen molar-refractivity contribution in [3.05, 3.63) is 71.7 Å². The van der Waals surface area contributed by atoms with Crippen LogP contribution in [0.25, 0.3) is 11.3 Å². The normalized spacial score (nSPS) is 10.4. The summed E-state index contributed by atoms with van der Waals surface area (Å²) >= 11 is 0. The van der Waals surface area contributed by atoms with Gasteiger partial charge in [-0.1, -0.05) is 18.2 Å². The molecule has 24 heavy (non-hydrogen) atoms. The second-order valence-corrected chi connectivity index (χ2v) is 4.95. The summed E-state index contributed by atoms with van der Waals surface area (Å²) in [6, 6.07) is 13.7. The van der Waals surface area contributed by atoms with Crippen LogP contribution in [-0.2, 0) is 0 Å². The molecule has 7 heteroatoms. The average Bonchev–Trinajstić information content (AvgIpc) is 3.00. The molecule has 0 atom stereocenters. The van der Waals surface area contributed by atoms with Crippen LogP contribution in [0.1, 0.15) is 20.8 Å². The van der Waals surface area contributed by atoms with Crippen LogP contribution in [0.4, 0.5) is 10.1 Å². The number of halogens is 1. The van der Waals surface area contributed by atoms with Gasteiger partial charge in [-0.05, 0) is 36.4 Å². The van der Waals surface area contributed by atoms with Gasteiger partial charge in [0.15, 0.2) is 5.69 Å². The molecule has 1 amide bonds. The van der Waals surface area contributed by atoms with Gasteiger partial charge in [-0.2, -0.15) is 5.10 Å². The lowest BCUT2D eigenvalue weighted by molar-refractivity contribution is 0.0691. The topological polar surface area (TPSA) is 95.1 Å². The number of benzene rings is 2. The number of hydrogen-bond donors (Lipinski definition) is 3. The molecular weight excluding hydrogens is 313 g/mol. The molecule has 2 aromatic carbocycles. The van der Waals surface area contributed by atoms with Crippen molar-refractivity contribution in [1.82, 2.24) is 10.2 Å². The Morgan fingerprint density at radius 2 is 1.71 bits per heavy atom. The van der Waals surface area contributed by atoms with Crippen LogP contribution >= 0.6 is 0 Å². The van der Waals surface area contributed by atoms with Crippen LogP contribution in [0.15, 0.2) is 54.6 Å². The van der Waals surface area contributed by atoms with Crippen LogP contribution in [-0.4, -0.2) is 27.2 Å². The first-order valence-electron chi connectivity index (χ1n) is 7.00. The second kappa shape index (κ2) is 6.33. The quantitative estimate of drug-likeness (QED) is 0.686. The lowest BCUT2D eigenvalue weighted by atomic mass is 10.1. The predicted octanol–water partition coefficient (Wildman–Crippen LogP) is 3.17. The minimum Gasteiger partial charge on any atom is -0.476 e. The second-order valence-electron chi connectivity index (χ2n) is 4.95. The first-order valence-corrected chi connectivity index (χ1v) is 7.00. The van der Waals surface area contributed by atoms with Gasteiger partial charge in [0.25, 0.3) is 5.91 Å². The maximum atomic E-state index is 13.1. The highest BCUT2D eigenvalue weighted by atomic mass is 19.1. The van der Waals surface area contributed by atoms with E-state index in [-0.39, 0.29) is 17.1 Å². The van der Waals surface area contributed by atoms with E-state index in [9.17, 15) is 19.1 Å².